The molecule has 4 heteroatoms. The minimum Gasteiger partial charge on any atom is -0.314 e. The molecule has 2 unspecified atom stereocenters. The quantitative estimate of drug-likeness (QED) is 0.941. The number of aromatic nitrogens is 1. The number of halogens is 1. The summed E-state index contributed by atoms with van der Waals surface area (Å²) in [6.07, 6.45) is 3.71. The van der Waals surface area contributed by atoms with E-state index in [1.165, 1.54) is 11.1 Å². The molecule has 0 bridgehead atoms. The zero-order chi connectivity index (χ0) is 15.4. The van der Waals surface area contributed by atoms with Crippen molar-refractivity contribution in [1.82, 2.24) is 15.2 Å². The van der Waals surface area contributed by atoms with E-state index in [1.807, 2.05) is 24.5 Å². The summed E-state index contributed by atoms with van der Waals surface area (Å²) >= 11 is 0. The Labute approximate surface area is 131 Å². The van der Waals surface area contributed by atoms with Crippen molar-refractivity contribution in [3.63, 3.8) is 0 Å². The van der Waals surface area contributed by atoms with Gasteiger partial charge >= 0.3 is 0 Å². The molecule has 2 heterocycles. The zero-order valence-electron chi connectivity index (χ0n) is 12.9. The van der Waals surface area contributed by atoms with Gasteiger partial charge < -0.3 is 5.32 Å². The van der Waals surface area contributed by atoms with E-state index in [9.17, 15) is 4.39 Å². The van der Waals surface area contributed by atoms with Crippen LogP contribution in [0.25, 0.3) is 0 Å². The predicted octanol–water partition coefficient (Wildman–Crippen LogP) is 2.97. The number of nitrogens with zero attached hydrogens (tertiary/aromatic N) is 2. The molecule has 1 aliphatic rings. The van der Waals surface area contributed by atoms with Crippen LogP contribution in [0.2, 0.25) is 0 Å². The number of benzene rings is 1. The Balaban J connectivity index is 1.72. The first-order valence-electron chi connectivity index (χ1n) is 7.84. The summed E-state index contributed by atoms with van der Waals surface area (Å²) in [7, 11) is 0. The molecule has 2 atom stereocenters. The van der Waals surface area contributed by atoms with Crippen LogP contribution in [0.3, 0.4) is 0 Å². The van der Waals surface area contributed by atoms with Gasteiger partial charge in [0.05, 0.1) is 0 Å². The Hall–Kier alpha value is -1.78. The van der Waals surface area contributed by atoms with Crippen LogP contribution in [0.5, 0.6) is 0 Å². The molecule has 1 aromatic heterocycles. The van der Waals surface area contributed by atoms with Crippen LogP contribution in [0.15, 0.2) is 48.8 Å². The molecule has 22 heavy (non-hydrogen) atoms. The van der Waals surface area contributed by atoms with Crippen LogP contribution >= 0.6 is 0 Å². The van der Waals surface area contributed by atoms with Crippen molar-refractivity contribution < 1.29 is 4.39 Å². The number of hydrogen-bond donors (Lipinski definition) is 1. The molecule has 0 radical (unpaired) electrons. The van der Waals surface area contributed by atoms with E-state index in [2.05, 4.69) is 34.3 Å². The molecule has 3 rings (SSSR count). The molecular weight excluding hydrogens is 277 g/mol. The monoisotopic (exact) mass is 299 g/mol. The second kappa shape index (κ2) is 6.99. The second-order valence-corrected chi connectivity index (χ2v) is 5.95. The smallest absolute Gasteiger partial charge is 0.123 e. The minimum absolute atomic E-state index is 0.173. The van der Waals surface area contributed by atoms with Gasteiger partial charge in [-0.1, -0.05) is 19.1 Å². The van der Waals surface area contributed by atoms with E-state index < -0.39 is 0 Å². The van der Waals surface area contributed by atoms with E-state index in [4.69, 9.17) is 0 Å². The van der Waals surface area contributed by atoms with Gasteiger partial charge in [-0.25, -0.2) is 4.39 Å². The van der Waals surface area contributed by atoms with Gasteiger partial charge in [-0.15, -0.1) is 0 Å². The van der Waals surface area contributed by atoms with Crippen molar-refractivity contribution in [2.24, 2.45) is 0 Å². The van der Waals surface area contributed by atoms with Gasteiger partial charge in [-0.3, -0.25) is 9.88 Å². The number of pyridine rings is 1. The highest BCUT2D eigenvalue weighted by Crippen LogP contribution is 2.25. The minimum atomic E-state index is -0.173. The van der Waals surface area contributed by atoms with Gasteiger partial charge in [0.1, 0.15) is 5.82 Å². The SMILES string of the molecule is CC(CN1CCNCC1c1ccncc1)c1ccc(F)cc1. The van der Waals surface area contributed by atoms with E-state index in [1.54, 1.807) is 12.1 Å². The zero-order valence-corrected chi connectivity index (χ0v) is 12.9. The van der Waals surface area contributed by atoms with E-state index in [-0.39, 0.29) is 5.82 Å². The highest BCUT2D eigenvalue weighted by Gasteiger charge is 2.25. The van der Waals surface area contributed by atoms with Crippen LogP contribution in [0, 0.1) is 5.82 Å². The molecule has 1 saturated heterocycles. The number of hydrogen-bond acceptors (Lipinski definition) is 3. The topological polar surface area (TPSA) is 28.2 Å². The molecule has 1 fully saturated rings. The third-order valence-electron chi connectivity index (χ3n) is 4.39. The summed E-state index contributed by atoms with van der Waals surface area (Å²) in [5.74, 6) is 0.204. The van der Waals surface area contributed by atoms with Gasteiger partial charge in [0.2, 0.25) is 0 Å². The second-order valence-electron chi connectivity index (χ2n) is 5.95. The van der Waals surface area contributed by atoms with Gasteiger partial charge in [0.15, 0.2) is 0 Å². The van der Waals surface area contributed by atoms with Crippen LogP contribution < -0.4 is 5.32 Å². The maximum Gasteiger partial charge on any atom is 0.123 e. The predicted molar refractivity (Wildman–Crippen MR) is 86.2 cm³/mol. The molecule has 0 saturated carbocycles. The fourth-order valence-electron chi connectivity index (χ4n) is 3.13. The van der Waals surface area contributed by atoms with Gasteiger partial charge in [0.25, 0.3) is 0 Å². The molecule has 3 nitrogen and oxygen atoms in total. The number of rotatable bonds is 4. The third kappa shape index (κ3) is 3.51. The van der Waals surface area contributed by atoms with E-state index in [0.717, 1.165) is 26.2 Å². The first kappa shape index (κ1) is 15.1. The van der Waals surface area contributed by atoms with Crippen molar-refractivity contribution in [2.75, 3.05) is 26.2 Å². The largest absolute Gasteiger partial charge is 0.314 e. The maximum atomic E-state index is 13.1. The molecule has 1 aromatic carbocycles. The first-order valence-corrected chi connectivity index (χ1v) is 7.84. The lowest BCUT2D eigenvalue weighted by molar-refractivity contribution is 0.154. The van der Waals surface area contributed by atoms with Crippen LogP contribution in [-0.2, 0) is 0 Å². The molecule has 116 valence electrons. The first-order chi connectivity index (χ1) is 10.7. The molecule has 0 spiro atoms. The Bertz CT molecular complexity index is 585. The van der Waals surface area contributed by atoms with Crippen LogP contribution in [-0.4, -0.2) is 36.1 Å². The lowest BCUT2D eigenvalue weighted by Crippen LogP contribution is -2.47. The van der Waals surface area contributed by atoms with E-state index >= 15 is 0 Å². The van der Waals surface area contributed by atoms with Gasteiger partial charge in [-0.05, 0) is 41.3 Å². The highest BCUT2D eigenvalue weighted by atomic mass is 19.1. The summed E-state index contributed by atoms with van der Waals surface area (Å²) in [6, 6.07) is 11.4. The van der Waals surface area contributed by atoms with Gasteiger partial charge in [-0.2, -0.15) is 0 Å². The summed E-state index contributed by atoms with van der Waals surface area (Å²) in [4.78, 5) is 6.62. The van der Waals surface area contributed by atoms with Crippen LogP contribution in [0.1, 0.15) is 30.0 Å². The van der Waals surface area contributed by atoms with Crippen molar-refractivity contribution in [2.45, 2.75) is 18.9 Å². The molecular formula is C18H22FN3. The van der Waals surface area contributed by atoms with Gasteiger partial charge in [0, 0.05) is 44.6 Å². The molecule has 1 N–H and O–H groups in total. The Morgan fingerprint density at radius 2 is 1.95 bits per heavy atom. The lowest BCUT2D eigenvalue weighted by atomic mass is 9.97. The fourth-order valence-corrected chi connectivity index (χ4v) is 3.13. The number of piperazine rings is 1. The Kier molecular flexibility index (Phi) is 4.80. The summed E-state index contributed by atoms with van der Waals surface area (Å²) in [5.41, 5.74) is 2.49. The third-order valence-corrected chi connectivity index (χ3v) is 4.39. The average Bonchev–Trinajstić information content (AvgIpc) is 2.57. The summed E-state index contributed by atoms with van der Waals surface area (Å²) in [6.45, 7) is 6.18. The molecule has 0 aliphatic carbocycles. The van der Waals surface area contributed by atoms with Crippen molar-refractivity contribution >= 4 is 0 Å². The Morgan fingerprint density at radius 1 is 1.23 bits per heavy atom. The van der Waals surface area contributed by atoms with Crippen molar-refractivity contribution in [1.29, 1.82) is 0 Å². The summed E-state index contributed by atoms with van der Waals surface area (Å²) in [5, 5.41) is 3.47. The summed E-state index contributed by atoms with van der Waals surface area (Å²) < 4.78 is 13.1. The molecule has 1 aliphatic heterocycles. The average molecular weight is 299 g/mol. The fraction of sp³-hybridized carbons (Fsp3) is 0.389. The van der Waals surface area contributed by atoms with Crippen molar-refractivity contribution in [3.05, 3.63) is 65.7 Å². The molecule has 2 aromatic rings. The Morgan fingerprint density at radius 3 is 2.68 bits per heavy atom. The van der Waals surface area contributed by atoms with Crippen molar-refractivity contribution in [3.8, 4) is 0 Å². The highest BCUT2D eigenvalue weighted by molar-refractivity contribution is 5.21. The molecule has 0 amide bonds. The van der Waals surface area contributed by atoms with Crippen LogP contribution in [0.4, 0.5) is 4.39 Å². The number of nitrogens with one attached hydrogen (secondary N) is 1. The normalized spacial score (nSPS) is 20.7. The maximum absolute atomic E-state index is 13.1. The standard InChI is InChI=1S/C18H22FN3/c1-14(15-2-4-17(19)5-3-15)13-22-11-10-21-12-18(22)16-6-8-20-9-7-16/h2-9,14,18,21H,10-13H2,1H3. The van der Waals surface area contributed by atoms with E-state index in [0.29, 0.717) is 12.0 Å². The lowest BCUT2D eigenvalue weighted by Gasteiger charge is -2.38.